The van der Waals surface area contributed by atoms with Crippen LogP contribution in [0.3, 0.4) is 0 Å². The van der Waals surface area contributed by atoms with E-state index in [1.165, 1.54) is 0 Å². The molecule has 1 N–H and O–H groups in total. The molecule has 1 fully saturated rings. The smallest absolute Gasteiger partial charge is 0.407 e. The lowest BCUT2D eigenvalue weighted by atomic mass is 10.0. The van der Waals surface area contributed by atoms with Gasteiger partial charge in [-0.05, 0) is 18.4 Å². The van der Waals surface area contributed by atoms with Gasteiger partial charge in [-0.15, -0.1) is 0 Å². The van der Waals surface area contributed by atoms with Gasteiger partial charge in [0.2, 0.25) is 0 Å². The molecule has 0 aliphatic heterocycles. The van der Waals surface area contributed by atoms with E-state index in [9.17, 15) is 4.79 Å². The van der Waals surface area contributed by atoms with Gasteiger partial charge in [-0.1, -0.05) is 30.3 Å². The first-order valence-electron chi connectivity index (χ1n) is 6.06. The molecule has 1 aliphatic carbocycles. The average Bonchev–Trinajstić information content (AvgIpc) is 3.16. The first-order chi connectivity index (χ1) is 8.74. The Balaban J connectivity index is 1.69. The Morgan fingerprint density at radius 3 is 2.72 bits per heavy atom. The fourth-order valence-corrected chi connectivity index (χ4v) is 1.79. The van der Waals surface area contributed by atoms with Crippen molar-refractivity contribution in [3.05, 3.63) is 35.9 Å². The second kappa shape index (κ2) is 5.54. The van der Waals surface area contributed by atoms with E-state index in [-0.39, 0.29) is 12.0 Å². The number of amides is 1. The van der Waals surface area contributed by atoms with Gasteiger partial charge in [-0.25, -0.2) is 4.79 Å². The highest BCUT2D eigenvalue weighted by atomic mass is 16.5. The summed E-state index contributed by atoms with van der Waals surface area (Å²) in [6.07, 6.45) is 2.12. The van der Waals surface area contributed by atoms with E-state index in [1.807, 2.05) is 30.3 Å². The molecule has 1 aromatic rings. The third-order valence-electron chi connectivity index (χ3n) is 3.23. The first-order valence-corrected chi connectivity index (χ1v) is 6.06. The quantitative estimate of drug-likeness (QED) is 0.866. The molecule has 0 saturated heterocycles. The van der Waals surface area contributed by atoms with Gasteiger partial charge in [0, 0.05) is 18.4 Å². The van der Waals surface area contributed by atoms with Gasteiger partial charge in [0.25, 0.3) is 0 Å². The SMILES string of the molecule is N#CCC1(CNC(=O)OCc2ccccc2)CC1. The highest BCUT2D eigenvalue weighted by Crippen LogP contribution is 2.47. The summed E-state index contributed by atoms with van der Waals surface area (Å²) < 4.78 is 5.10. The molecule has 1 aliphatic rings. The summed E-state index contributed by atoms with van der Waals surface area (Å²) in [5.74, 6) is 0. The molecule has 0 bridgehead atoms. The minimum Gasteiger partial charge on any atom is -0.445 e. The molecule has 0 spiro atoms. The van der Waals surface area contributed by atoms with E-state index in [2.05, 4.69) is 11.4 Å². The van der Waals surface area contributed by atoms with Crippen molar-refractivity contribution in [1.29, 1.82) is 5.26 Å². The van der Waals surface area contributed by atoms with Crippen LogP contribution in [0.4, 0.5) is 4.79 Å². The number of hydrogen-bond donors (Lipinski definition) is 1. The van der Waals surface area contributed by atoms with Crippen molar-refractivity contribution >= 4 is 6.09 Å². The van der Waals surface area contributed by atoms with E-state index >= 15 is 0 Å². The van der Waals surface area contributed by atoms with Gasteiger partial charge in [-0.2, -0.15) is 5.26 Å². The van der Waals surface area contributed by atoms with E-state index in [1.54, 1.807) is 0 Å². The molecule has 4 nitrogen and oxygen atoms in total. The second-order valence-electron chi connectivity index (χ2n) is 4.75. The van der Waals surface area contributed by atoms with Crippen LogP contribution < -0.4 is 5.32 Å². The number of benzene rings is 1. The van der Waals surface area contributed by atoms with Gasteiger partial charge in [-0.3, -0.25) is 0 Å². The summed E-state index contributed by atoms with van der Waals surface area (Å²) in [6.45, 7) is 0.812. The van der Waals surface area contributed by atoms with E-state index in [0.29, 0.717) is 13.0 Å². The van der Waals surface area contributed by atoms with E-state index in [4.69, 9.17) is 10.00 Å². The predicted octanol–water partition coefficient (Wildman–Crippen LogP) is 2.61. The number of nitrogens with one attached hydrogen (secondary N) is 1. The molecule has 0 unspecified atom stereocenters. The van der Waals surface area contributed by atoms with Crippen molar-refractivity contribution in [3.8, 4) is 6.07 Å². The van der Waals surface area contributed by atoms with Gasteiger partial charge in [0.15, 0.2) is 0 Å². The number of nitriles is 1. The fraction of sp³-hybridized carbons (Fsp3) is 0.429. The lowest BCUT2D eigenvalue weighted by Crippen LogP contribution is -2.30. The van der Waals surface area contributed by atoms with Crippen molar-refractivity contribution in [3.63, 3.8) is 0 Å². The molecule has 0 radical (unpaired) electrons. The van der Waals surface area contributed by atoms with E-state index in [0.717, 1.165) is 18.4 Å². The molecule has 4 heteroatoms. The first kappa shape index (κ1) is 12.4. The molecular weight excluding hydrogens is 228 g/mol. The Morgan fingerprint density at radius 1 is 1.39 bits per heavy atom. The molecule has 0 aromatic heterocycles. The lowest BCUT2D eigenvalue weighted by molar-refractivity contribution is 0.137. The zero-order valence-corrected chi connectivity index (χ0v) is 10.2. The zero-order chi connectivity index (χ0) is 12.8. The standard InChI is InChI=1S/C14H16N2O2/c15-9-8-14(6-7-14)11-16-13(17)18-10-12-4-2-1-3-5-12/h1-5H,6-8,10-11H2,(H,16,17). The Labute approximate surface area is 107 Å². The molecular formula is C14H16N2O2. The van der Waals surface area contributed by atoms with Crippen molar-refractivity contribution < 1.29 is 9.53 Å². The Kier molecular flexibility index (Phi) is 3.83. The van der Waals surface area contributed by atoms with Gasteiger partial charge in [0.05, 0.1) is 6.07 Å². The minimum absolute atomic E-state index is 0.0144. The van der Waals surface area contributed by atoms with Crippen LogP contribution >= 0.6 is 0 Å². The minimum atomic E-state index is -0.414. The maximum atomic E-state index is 11.5. The summed E-state index contributed by atoms with van der Waals surface area (Å²) in [7, 11) is 0. The van der Waals surface area contributed by atoms with Gasteiger partial charge in [0.1, 0.15) is 6.61 Å². The van der Waals surface area contributed by atoms with Crippen LogP contribution in [0.1, 0.15) is 24.8 Å². The maximum absolute atomic E-state index is 11.5. The van der Waals surface area contributed by atoms with Gasteiger partial charge >= 0.3 is 6.09 Å². The summed E-state index contributed by atoms with van der Waals surface area (Å²) in [5.41, 5.74) is 0.978. The Morgan fingerprint density at radius 2 is 2.11 bits per heavy atom. The van der Waals surface area contributed by atoms with Crippen molar-refractivity contribution in [2.45, 2.75) is 25.9 Å². The third kappa shape index (κ3) is 3.49. The zero-order valence-electron chi connectivity index (χ0n) is 10.2. The molecule has 1 saturated carbocycles. The molecule has 0 heterocycles. The van der Waals surface area contributed by atoms with E-state index < -0.39 is 6.09 Å². The van der Waals surface area contributed by atoms with Crippen molar-refractivity contribution in [1.82, 2.24) is 5.32 Å². The van der Waals surface area contributed by atoms with Gasteiger partial charge < -0.3 is 10.1 Å². The fourth-order valence-electron chi connectivity index (χ4n) is 1.79. The summed E-state index contributed by atoms with van der Waals surface area (Å²) in [6, 6.07) is 11.7. The second-order valence-corrected chi connectivity index (χ2v) is 4.75. The predicted molar refractivity (Wildman–Crippen MR) is 66.5 cm³/mol. The normalized spacial score (nSPS) is 15.5. The largest absolute Gasteiger partial charge is 0.445 e. The molecule has 94 valence electrons. The topological polar surface area (TPSA) is 62.1 Å². The molecule has 1 aromatic carbocycles. The van der Waals surface area contributed by atoms with Crippen LogP contribution in [0.25, 0.3) is 0 Å². The summed E-state index contributed by atoms with van der Waals surface area (Å²) >= 11 is 0. The van der Waals surface area contributed by atoms with Crippen LogP contribution in [0.15, 0.2) is 30.3 Å². The number of ether oxygens (including phenoxy) is 1. The van der Waals surface area contributed by atoms with Crippen LogP contribution in [0, 0.1) is 16.7 Å². The van der Waals surface area contributed by atoms with Crippen molar-refractivity contribution in [2.75, 3.05) is 6.54 Å². The Hall–Kier alpha value is -2.02. The summed E-state index contributed by atoms with van der Waals surface area (Å²) in [5, 5.41) is 11.4. The number of carbonyl (C=O) groups excluding carboxylic acids is 1. The monoisotopic (exact) mass is 244 g/mol. The Bertz CT molecular complexity index is 447. The maximum Gasteiger partial charge on any atom is 0.407 e. The molecule has 2 rings (SSSR count). The van der Waals surface area contributed by atoms with Crippen LogP contribution in [0.5, 0.6) is 0 Å². The highest BCUT2D eigenvalue weighted by molar-refractivity contribution is 5.67. The lowest BCUT2D eigenvalue weighted by Gasteiger charge is -2.12. The summed E-state index contributed by atoms with van der Waals surface area (Å²) in [4.78, 5) is 11.5. The molecule has 0 atom stereocenters. The third-order valence-corrected chi connectivity index (χ3v) is 3.23. The molecule has 1 amide bonds. The van der Waals surface area contributed by atoms with Crippen LogP contribution in [-0.4, -0.2) is 12.6 Å². The number of hydrogen-bond acceptors (Lipinski definition) is 3. The number of alkyl carbamates (subject to hydrolysis) is 1. The van der Waals surface area contributed by atoms with Crippen LogP contribution in [-0.2, 0) is 11.3 Å². The van der Waals surface area contributed by atoms with Crippen molar-refractivity contribution in [2.24, 2.45) is 5.41 Å². The number of carbonyl (C=O) groups is 1. The number of nitrogens with zero attached hydrogens (tertiary/aromatic N) is 1. The number of rotatable bonds is 5. The highest BCUT2D eigenvalue weighted by Gasteiger charge is 2.42. The van der Waals surface area contributed by atoms with Crippen LogP contribution in [0.2, 0.25) is 0 Å². The molecule has 18 heavy (non-hydrogen) atoms. The average molecular weight is 244 g/mol.